The molecule has 0 aliphatic carbocycles. The lowest BCUT2D eigenvalue weighted by Crippen LogP contribution is -2.32. The normalized spacial score (nSPS) is 14.7. The van der Waals surface area contributed by atoms with E-state index in [0.717, 1.165) is 16.3 Å². The third-order valence-corrected chi connectivity index (χ3v) is 6.20. The predicted octanol–water partition coefficient (Wildman–Crippen LogP) is 5.06. The van der Waals surface area contributed by atoms with E-state index in [1.807, 2.05) is 0 Å². The zero-order chi connectivity index (χ0) is 24.2. The van der Waals surface area contributed by atoms with Crippen molar-refractivity contribution in [1.29, 1.82) is 0 Å². The summed E-state index contributed by atoms with van der Waals surface area (Å²) >= 11 is 1.44. The van der Waals surface area contributed by atoms with Gasteiger partial charge >= 0.3 is 5.97 Å². The number of thioether (sulfide) groups is 1. The summed E-state index contributed by atoms with van der Waals surface area (Å²) in [5.74, 6) is -0.0784. The molecule has 1 heterocycles. The minimum atomic E-state index is -1.04. The van der Waals surface area contributed by atoms with Gasteiger partial charge in [0.1, 0.15) is 22.7 Å². The Morgan fingerprint density at radius 1 is 1.06 bits per heavy atom. The van der Waals surface area contributed by atoms with Crippen molar-refractivity contribution in [3.63, 3.8) is 0 Å². The molecule has 0 saturated carbocycles. The number of benzene rings is 3. The van der Waals surface area contributed by atoms with E-state index in [1.165, 1.54) is 50.2 Å². The SMILES string of the molecule is COc1cc(-c2ccc(C(=O)O)cc2OC)ccc1NN(O)C1=CSC(c2ccc(F)cc2)N1. The zero-order valence-corrected chi connectivity index (χ0v) is 19.1. The molecule has 1 unspecified atom stereocenters. The highest BCUT2D eigenvalue weighted by Gasteiger charge is 2.23. The molecule has 3 aromatic rings. The number of hydrazine groups is 1. The van der Waals surface area contributed by atoms with E-state index in [2.05, 4.69) is 10.7 Å². The summed E-state index contributed by atoms with van der Waals surface area (Å²) in [5.41, 5.74) is 5.79. The quantitative estimate of drug-likeness (QED) is 0.327. The molecule has 0 bridgehead atoms. The zero-order valence-electron chi connectivity index (χ0n) is 18.3. The average molecular weight is 484 g/mol. The van der Waals surface area contributed by atoms with E-state index in [9.17, 15) is 19.5 Å². The van der Waals surface area contributed by atoms with Crippen LogP contribution in [0.1, 0.15) is 21.3 Å². The van der Waals surface area contributed by atoms with Crippen molar-refractivity contribution in [2.24, 2.45) is 0 Å². The number of halogens is 1. The number of nitrogens with zero attached hydrogens (tertiary/aromatic N) is 1. The fourth-order valence-corrected chi connectivity index (χ4v) is 4.37. The van der Waals surface area contributed by atoms with E-state index < -0.39 is 5.97 Å². The first kappa shape index (κ1) is 23.3. The highest BCUT2D eigenvalue weighted by atomic mass is 32.2. The number of rotatable bonds is 8. The molecule has 0 amide bonds. The number of carbonyl (C=O) groups is 1. The maximum absolute atomic E-state index is 13.2. The smallest absolute Gasteiger partial charge is 0.335 e. The van der Waals surface area contributed by atoms with Gasteiger partial charge in [0.25, 0.3) is 0 Å². The highest BCUT2D eigenvalue weighted by molar-refractivity contribution is 8.02. The largest absolute Gasteiger partial charge is 0.496 e. The van der Waals surface area contributed by atoms with Gasteiger partial charge in [-0.2, -0.15) is 0 Å². The van der Waals surface area contributed by atoms with Crippen LogP contribution in [-0.2, 0) is 0 Å². The standard InChI is InChI=1S/C24H22FN3O5S/c1-32-20-12-16(24(29)30)5-9-18(20)15-6-10-19(21(11-15)33-2)27-28(31)22-13-34-23(26-22)14-3-7-17(25)8-4-14/h3-13,23,26-27,31H,1-2H3,(H,29,30). The van der Waals surface area contributed by atoms with Crippen LogP contribution in [0, 0.1) is 5.82 Å². The Bertz CT molecular complexity index is 1240. The number of nitrogens with one attached hydrogen (secondary N) is 2. The van der Waals surface area contributed by atoms with Crippen LogP contribution >= 0.6 is 11.8 Å². The molecule has 10 heteroatoms. The van der Waals surface area contributed by atoms with E-state index in [-0.39, 0.29) is 16.8 Å². The molecule has 1 aliphatic rings. The molecule has 4 N–H and O–H groups in total. The number of carboxylic acids is 1. The Morgan fingerprint density at radius 3 is 2.47 bits per heavy atom. The number of hydrogen-bond acceptors (Lipinski definition) is 8. The number of aromatic carboxylic acids is 1. The third-order valence-electron chi connectivity index (χ3n) is 5.18. The van der Waals surface area contributed by atoms with Gasteiger partial charge in [-0.25, -0.2) is 9.18 Å². The van der Waals surface area contributed by atoms with Crippen LogP contribution in [0.25, 0.3) is 11.1 Å². The first-order chi connectivity index (χ1) is 16.4. The Kier molecular flexibility index (Phi) is 6.80. The number of carboxylic acid groups (broad SMARTS) is 1. The van der Waals surface area contributed by atoms with Crippen LogP contribution in [-0.4, -0.2) is 35.7 Å². The van der Waals surface area contributed by atoms with Crippen LogP contribution in [0.2, 0.25) is 0 Å². The lowest BCUT2D eigenvalue weighted by atomic mass is 10.0. The molecule has 1 aliphatic heterocycles. The maximum Gasteiger partial charge on any atom is 0.335 e. The fourth-order valence-electron chi connectivity index (χ4n) is 3.43. The van der Waals surface area contributed by atoms with Crippen LogP contribution < -0.4 is 20.2 Å². The summed E-state index contributed by atoms with van der Waals surface area (Å²) < 4.78 is 24.0. The van der Waals surface area contributed by atoms with Crippen molar-refractivity contribution in [3.8, 4) is 22.6 Å². The molecule has 176 valence electrons. The van der Waals surface area contributed by atoms with E-state index in [0.29, 0.717) is 28.6 Å². The first-order valence-corrected chi connectivity index (χ1v) is 11.1. The molecule has 8 nitrogen and oxygen atoms in total. The van der Waals surface area contributed by atoms with Crippen LogP contribution in [0.3, 0.4) is 0 Å². The van der Waals surface area contributed by atoms with Gasteiger partial charge in [0, 0.05) is 11.0 Å². The van der Waals surface area contributed by atoms with Crippen LogP contribution in [0.15, 0.2) is 71.9 Å². The Hall–Kier alpha value is -3.89. The molecule has 3 aromatic carbocycles. The highest BCUT2D eigenvalue weighted by Crippen LogP contribution is 2.38. The van der Waals surface area contributed by atoms with Crippen molar-refractivity contribution in [3.05, 3.63) is 88.8 Å². The van der Waals surface area contributed by atoms with Crippen molar-refractivity contribution >= 4 is 23.4 Å². The molecule has 1 atom stereocenters. The lowest BCUT2D eigenvalue weighted by Gasteiger charge is -2.23. The Morgan fingerprint density at radius 2 is 1.79 bits per heavy atom. The summed E-state index contributed by atoms with van der Waals surface area (Å²) in [7, 11) is 2.98. The van der Waals surface area contributed by atoms with E-state index in [1.54, 1.807) is 41.8 Å². The molecule has 34 heavy (non-hydrogen) atoms. The van der Waals surface area contributed by atoms with Gasteiger partial charge in [0.2, 0.25) is 0 Å². The summed E-state index contributed by atoms with van der Waals surface area (Å²) in [4.78, 5) is 11.2. The lowest BCUT2D eigenvalue weighted by molar-refractivity contribution is -0.0361. The van der Waals surface area contributed by atoms with Gasteiger partial charge in [-0.3, -0.25) is 10.6 Å². The van der Waals surface area contributed by atoms with Gasteiger partial charge in [-0.1, -0.05) is 18.2 Å². The molecular formula is C24H22FN3O5S. The summed E-state index contributed by atoms with van der Waals surface area (Å²) in [5, 5.41) is 25.4. The molecule has 0 saturated heterocycles. The monoisotopic (exact) mass is 483 g/mol. The number of hydrogen-bond donors (Lipinski definition) is 4. The van der Waals surface area contributed by atoms with Crippen LogP contribution in [0.4, 0.5) is 10.1 Å². The first-order valence-electron chi connectivity index (χ1n) is 10.1. The second-order valence-electron chi connectivity index (χ2n) is 7.27. The second kappa shape index (κ2) is 9.94. The summed E-state index contributed by atoms with van der Waals surface area (Å²) in [6.45, 7) is 0. The van der Waals surface area contributed by atoms with Gasteiger partial charge in [-0.15, -0.1) is 16.9 Å². The third kappa shape index (κ3) is 4.87. The van der Waals surface area contributed by atoms with Crippen molar-refractivity contribution in [1.82, 2.24) is 10.5 Å². The van der Waals surface area contributed by atoms with E-state index >= 15 is 0 Å². The molecule has 0 fully saturated rings. The fraction of sp³-hybridized carbons (Fsp3) is 0.125. The molecule has 0 aromatic heterocycles. The van der Waals surface area contributed by atoms with Crippen molar-refractivity contribution < 1.29 is 29.0 Å². The molecule has 0 spiro atoms. The Balaban J connectivity index is 1.50. The summed E-state index contributed by atoms with van der Waals surface area (Å²) in [6, 6.07) is 16.0. The van der Waals surface area contributed by atoms with Gasteiger partial charge in [0.15, 0.2) is 5.82 Å². The Labute approximate surface area is 199 Å². The van der Waals surface area contributed by atoms with E-state index in [4.69, 9.17) is 9.47 Å². The number of anilines is 1. The maximum atomic E-state index is 13.2. The summed E-state index contributed by atoms with van der Waals surface area (Å²) in [6.07, 6.45) is 0. The topological polar surface area (TPSA) is 103 Å². The van der Waals surface area contributed by atoms with Crippen molar-refractivity contribution in [2.45, 2.75) is 5.37 Å². The van der Waals surface area contributed by atoms with Gasteiger partial charge in [-0.05, 0) is 53.6 Å². The molecule has 0 radical (unpaired) electrons. The van der Waals surface area contributed by atoms with Gasteiger partial charge in [0.05, 0.1) is 25.5 Å². The minimum absolute atomic E-state index is 0.121. The van der Waals surface area contributed by atoms with Crippen molar-refractivity contribution in [2.75, 3.05) is 19.6 Å². The predicted molar refractivity (Wildman–Crippen MR) is 127 cm³/mol. The average Bonchev–Trinajstić information content (AvgIpc) is 3.35. The number of methoxy groups -OCH3 is 2. The minimum Gasteiger partial charge on any atom is -0.496 e. The molecule has 4 rings (SSSR count). The number of hydroxylamine groups is 1. The second-order valence-corrected chi connectivity index (χ2v) is 8.25. The van der Waals surface area contributed by atoms with Gasteiger partial charge < -0.3 is 19.9 Å². The van der Waals surface area contributed by atoms with Crippen LogP contribution in [0.5, 0.6) is 11.5 Å². The number of ether oxygens (including phenoxy) is 2. The molecular weight excluding hydrogens is 461 g/mol.